The van der Waals surface area contributed by atoms with Crippen molar-refractivity contribution in [2.24, 2.45) is 11.8 Å². The summed E-state index contributed by atoms with van der Waals surface area (Å²) in [6.07, 6.45) is 55.7. The van der Waals surface area contributed by atoms with Crippen molar-refractivity contribution in [1.29, 1.82) is 0 Å². The number of hydrogen-bond acceptors (Lipinski definition) is 15. The van der Waals surface area contributed by atoms with Crippen molar-refractivity contribution in [2.75, 3.05) is 39.6 Å². The van der Waals surface area contributed by atoms with Crippen LogP contribution in [0.3, 0.4) is 0 Å². The summed E-state index contributed by atoms with van der Waals surface area (Å²) < 4.78 is 68.5. The van der Waals surface area contributed by atoms with Gasteiger partial charge in [0.1, 0.15) is 19.3 Å². The van der Waals surface area contributed by atoms with E-state index in [1.54, 1.807) is 0 Å². The topological polar surface area (TPSA) is 237 Å². The second-order valence-corrected chi connectivity index (χ2v) is 31.3. The highest BCUT2D eigenvalue weighted by Crippen LogP contribution is 2.45. The number of ether oxygens (including phenoxy) is 4. The SMILES string of the molecule is CCCCCCCCCCCCCCCCCCCC(=O)OC[C@H](COP(=O)(O)OC[C@@H](O)COP(=O)(O)OC[C@@H](COC(=O)CCCCCCCCCC(C)C)OC(=O)CCCCCCCCCCC(C)C)OC(=O)CCCCCCCCCCCCCCCCCCC. The molecular weight excluding hydrogens is 1250 g/mol. The zero-order valence-electron chi connectivity index (χ0n) is 62.0. The molecule has 0 aliphatic heterocycles. The zero-order valence-corrected chi connectivity index (χ0v) is 63.8. The fourth-order valence-corrected chi connectivity index (χ4v) is 13.2. The van der Waals surface area contributed by atoms with Crippen LogP contribution < -0.4 is 0 Å². The van der Waals surface area contributed by atoms with E-state index >= 15 is 0 Å². The average Bonchev–Trinajstić information content (AvgIpc) is 1.24. The van der Waals surface area contributed by atoms with Crippen LogP contribution in [0.15, 0.2) is 0 Å². The maximum absolute atomic E-state index is 13.1. The van der Waals surface area contributed by atoms with Crippen LogP contribution in [0, 0.1) is 11.8 Å². The van der Waals surface area contributed by atoms with Gasteiger partial charge in [-0.25, -0.2) is 9.13 Å². The summed E-state index contributed by atoms with van der Waals surface area (Å²) in [4.78, 5) is 72.8. The summed E-state index contributed by atoms with van der Waals surface area (Å²) in [6, 6.07) is 0. The lowest BCUT2D eigenvalue weighted by Gasteiger charge is -2.21. The fourth-order valence-electron chi connectivity index (χ4n) is 11.7. The van der Waals surface area contributed by atoms with E-state index in [2.05, 4.69) is 41.5 Å². The van der Waals surface area contributed by atoms with Crippen molar-refractivity contribution in [3.63, 3.8) is 0 Å². The molecule has 0 aliphatic rings. The highest BCUT2D eigenvalue weighted by atomic mass is 31.2. The van der Waals surface area contributed by atoms with Crippen molar-refractivity contribution in [1.82, 2.24) is 0 Å². The van der Waals surface area contributed by atoms with Crippen LogP contribution in [0.4, 0.5) is 0 Å². The predicted octanol–water partition coefficient (Wildman–Crippen LogP) is 22.3. The molecule has 95 heavy (non-hydrogen) atoms. The summed E-state index contributed by atoms with van der Waals surface area (Å²) in [5, 5.41) is 10.6. The third-order valence-corrected chi connectivity index (χ3v) is 19.6. The molecule has 0 rings (SSSR count). The van der Waals surface area contributed by atoms with Crippen LogP contribution in [0.2, 0.25) is 0 Å². The van der Waals surface area contributed by atoms with Gasteiger partial charge in [-0.1, -0.05) is 343 Å². The first-order chi connectivity index (χ1) is 45.9. The van der Waals surface area contributed by atoms with Crippen molar-refractivity contribution in [2.45, 2.75) is 413 Å². The number of rotatable bonds is 75. The Labute approximate surface area is 581 Å². The Balaban J connectivity index is 5.23. The summed E-state index contributed by atoms with van der Waals surface area (Å²) in [7, 11) is -9.91. The third-order valence-electron chi connectivity index (χ3n) is 17.7. The quantitative estimate of drug-likeness (QED) is 0.0222. The molecular formula is C76H148O17P2. The van der Waals surface area contributed by atoms with Gasteiger partial charge >= 0.3 is 39.5 Å². The largest absolute Gasteiger partial charge is 0.472 e. The molecule has 0 aliphatic carbocycles. The number of esters is 4. The monoisotopic (exact) mass is 1400 g/mol. The first kappa shape index (κ1) is 93.1. The maximum Gasteiger partial charge on any atom is 0.472 e. The van der Waals surface area contributed by atoms with E-state index in [-0.39, 0.29) is 25.7 Å². The van der Waals surface area contributed by atoms with Gasteiger partial charge in [-0.3, -0.25) is 37.3 Å². The van der Waals surface area contributed by atoms with Gasteiger partial charge in [-0.05, 0) is 37.5 Å². The van der Waals surface area contributed by atoms with Crippen molar-refractivity contribution < 1.29 is 80.2 Å². The number of hydrogen-bond donors (Lipinski definition) is 3. The summed E-state index contributed by atoms with van der Waals surface area (Å²) in [5.41, 5.74) is 0. The van der Waals surface area contributed by atoms with E-state index in [4.69, 9.17) is 37.0 Å². The van der Waals surface area contributed by atoms with Gasteiger partial charge in [-0.15, -0.1) is 0 Å². The average molecular weight is 1400 g/mol. The normalized spacial score (nSPS) is 14.0. The molecule has 2 unspecified atom stereocenters. The minimum absolute atomic E-state index is 0.104. The number of phosphoric acid groups is 2. The van der Waals surface area contributed by atoms with Crippen LogP contribution in [0.5, 0.6) is 0 Å². The van der Waals surface area contributed by atoms with Crippen LogP contribution in [-0.4, -0.2) is 96.7 Å². The van der Waals surface area contributed by atoms with Gasteiger partial charge < -0.3 is 33.8 Å². The third kappa shape index (κ3) is 70.3. The lowest BCUT2D eigenvalue weighted by molar-refractivity contribution is -0.161. The Morgan fingerprint density at radius 3 is 0.716 bits per heavy atom. The molecule has 0 heterocycles. The van der Waals surface area contributed by atoms with Gasteiger partial charge in [0.25, 0.3) is 0 Å². The van der Waals surface area contributed by atoms with E-state index < -0.39 is 97.5 Å². The molecule has 0 amide bonds. The molecule has 19 heteroatoms. The second-order valence-electron chi connectivity index (χ2n) is 28.3. The molecule has 3 N–H and O–H groups in total. The molecule has 0 saturated heterocycles. The van der Waals surface area contributed by atoms with Crippen molar-refractivity contribution in [3.05, 3.63) is 0 Å². The number of unbranched alkanes of at least 4 members (excludes halogenated alkanes) is 45. The molecule has 0 radical (unpaired) electrons. The molecule has 17 nitrogen and oxygen atoms in total. The second kappa shape index (κ2) is 67.9. The van der Waals surface area contributed by atoms with Gasteiger partial charge in [0.2, 0.25) is 0 Å². The molecule has 0 bridgehead atoms. The minimum Gasteiger partial charge on any atom is -0.462 e. The lowest BCUT2D eigenvalue weighted by atomic mass is 10.0. The van der Waals surface area contributed by atoms with Gasteiger partial charge in [0.15, 0.2) is 12.2 Å². The minimum atomic E-state index is -4.96. The molecule has 0 fully saturated rings. The number of phosphoric ester groups is 2. The van der Waals surface area contributed by atoms with Gasteiger partial charge in [0.05, 0.1) is 26.4 Å². The summed E-state index contributed by atoms with van der Waals surface area (Å²) in [6.45, 7) is 9.50. The van der Waals surface area contributed by atoms with Crippen molar-refractivity contribution in [3.8, 4) is 0 Å². The summed E-state index contributed by atoms with van der Waals surface area (Å²) >= 11 is 0. The lowest BCUT2D eigenvalue weighted by Crippen LogP contribution is -2.30. The van der Waals surface area contributed by atoms with E-state index in [9.17, 15) is 43.2 Å². The van der Waals surface area contributed by atoms with E-state index in [1.807, 2.05) is 0 Å². The predicted molar refractivity (Wildman–Crippen MR) is 386 cm³/mol. The Hall–Kier alpha value is -1.94. The van der Waals surface area contributed by atoms with Gasteiger partial charge in [-0.2, -0.15) is 0 Å². The molecule has 0 saturated carbocycles. The fraction of sp³-hybridized carbons (Fsp3) is 0.947. The molecule has 0 aromatic carbocycles. The Kier molecular flexibility index (Phi) is 66.5. The number of carbonyl (C=O) groups is 4. The zero-order chi connectivity index (χ0) is 70.0. The Bertz CT molecular complexity index is 1840. The molecule has 5 atom stereocenters. The molecule has 0 aromatic rings. The maximum atomic E-state index is 13.1. The number of aliphatic hydroxyl groups excluding tert-OH is 1. The Morgan fingerprint density at radius 2 is 0.484 bits per heavy atom. The summed E-state index contributed by atoms with van der Waals surface area (Å²) in [5.74, 6) is -0.694. The van der Waals surface area contributed by atoms with Crippen molar-refractivity contribution >= 4 is 39.5 Å². The van der Waals surface area contributed by atoms with E-state index in [0.29, 0.717) is 31.6 Å². The standard InChI is InChI=1S/C76H148O17P2/c1-7-9-11-13-15-17-19-21-23-25-27-29-31-33-40-46-52-58-73(78)86-64-71(92-75(80)60-54-48-41-34-32-30-28-26-24-22-20-18-16-14-12-10-8-2)66-90-94(82,83)88-62-70(77)63-89-95(84,85)91-67-72(65-87-74(79)59-53-47-43-37-39-45-51-57-69(5)6)93-76(81)61-55-49-42-36-35-38-44-50-56-68(3)4/h68-72,77H,7-67H2,1-6H3,(H,82,83)(H,84,85)/t70-,71-,72-/m1/s1. The number of aliphatic hydroxyl groups is 1. The van der Waals surface area contributed by atoms with Crippen LogP contribution in [-0.2, 0) is 65.4 Å². The molecule has 0 spiro atoms. The van der Waals surface area contributed by atoms with Crippen LogP contribution in [0.1, 0.15) is 395 Å². The van der Waals surface area contributed by atoms with Crippen LogP contribution in [0.25, 0.3) is 0 Å². The van der Waals surface area contributed by atoms with Gasteiger partial charge in [0, 0.05) is 25.7 Å². The highest BCUT2D eigenvalue weighted by Gasteiger charge is 2.30. The van der Waals surface area contributed by atoms with E-state index in [0.717, 1.165) is 102 Å². The first-order valence-electron chi connectivity index (χ1n) is 39.5. The molecule has 564 valence electrons. The van der Waals surface area contributed by atoms with E-state index in [1.165, 1.54) is 205 Å². The highest BCUT2D eigenvalue weighted by molar-refractivity contribution is 7.47. The number of carbonyl (C=O) groups excluding carboxylic acids is 4. The molecule has 0 aromatic heterocycles. The first-order valence-corrected chi connectivity index (χ1v) is 42.5. The van der Waals surface area contributed by atoms with Crippen LogP contribution >= 0.6 is 15.6 Å². The Morgan fingerprint density at radius 1 is 0.284 bits per heavy atom. The smallest absolute Gasteiger partial charge is 0.462 e.